The van der Waals surface area contributed by atoms with Crippen molar-refractivity contribution in [3.05, 3.63) is 54.2 Å². The average Bonchev–Trinajstić information content (AvgIpc) is 3.27. The topological polar surface area (TPSA) is 70.4 Å². The zero-order valence-electron chi connectivity index (χ0n) is 17.9. The number of amides is 1. The van der Waals surface area contributed by atoms with Crippen molar-refractivity contribution in [1.29, 1.82) is 0 Å². The minimum atomic E-state index is -0.310. The predicted octanol–water partition coefficient (Wildman–Crippen LogP) is 5.09. The summed E-state index contributed by atoms with van der Waals surface area (Å²) in [5.74, 6) is -0.0387. The molecule has 1 aliphatic rings. The Labute approximate surface area is 181 Å². The van der Waals surface area contributed by atoms with Gasteiger partial charge in [-0.3, -0.25) is 4.79 Å². The number of fused-ring (bicyclic) bond motifs is 1. The molecule has 0 aliphatic carbocycles. The molecule has 0 radical (unpaired) electrons. The van der Waals surface area contributed by atoms with E-state index in [4.69, 9.17) is 4.42 Å². The van der Waals surface area contributed by atoms with E-state index in [1.165, 1.54) is 37.8 Å². The number of likely N-dealkylation sites (tertiary alicyclic amines) is 1. The molecule has 0 bridgehead atoms. The van der Waals surface area contributed by atoms with Crippen molar-refractivity contribution in [1.82, 2.24) is 15.2 Å². The zero-order valence-corrected chi connectivity index (χ0v) is 17.9. The van der Waals surface area contributed by atoms with Crippen molar-refractivity contribution in [3.63, 3.8) is 0 Å². The maximum absolute atomic E-state index is 13.2. The lowest BCUT2D eigenvalue weighted by Gasteiger charge is -2.35. The van der Waals surface area contributed by atoms with Crippen LogP contribution in [0.4, 0.5) is 15.9 Å². The summed E-state index contributed by atoms with van der Waals surface area (Å²) in [7, 11) is 0. The van der Waals surface area contributed by atoms with Crippen LogP contribution in [0.1, 0.15) is 49.5 Å². The second-order valence-electron chi connectivity index (χ2n) is 8.02. The normalized spacial score (nSPS) is 17.0. The predicted molar refractivity (Wildman–Crippen MR) is 120 cm³/mol. The van der Waals surface area contributed by atoms with E-state index >= 15 is 0 Å². The summed E-state index contributed by atoms with van der Waals surface area (Å²) in [6.45, 7) is 5.01. The van der Waals surface area contributed by atoms with Gasteiger partial charge in [-0.15, -0.1) is 0 Å². The fourth-order valence-corrected chi connectivity index (χ4v) is 4.24. The molecule has 2 N–H and O–H groups in total. The van der Waals surface area contributed by atoms with Gasteiger partial charge >= 0.3 is 0 Å². The maximum Gasteiger partial charge on any atom is 0.270 e. The molecule has 0 spiro atoms. The van der Waals surface area contributed by atoms with Crippen molar-refractivity contribution in [3.8, 4) is 0 Å². The van der Waals surface area contributed by atoms with Gasteiger partial charge in [-0.1, -0.05) is 13.3 Å². The van der Waals surface area contributed by atoms with Crippen LogP contribution in [0.5, 0.6) is 0 Å². The highest BCUT2D eigenvalue weighted by Crippen LogP contribution is 2.27. The molecule has 3 aromatic rings. The smallest absolute Gasteiger partial charge is 0.270 e. The molecule has 4 rings (SSSR count). The van der Waals surface area contributed by atoms with E-state index in [1.807, 2.05) is 0 Å². The van der Waals surface area contributed by atoms with Gasteiger partial charge < -0.3 is 20.0 Å². The first-order valence-corrected chi connectivity index (χ1v) is 11.1. The number of halogens is 1. The fraction of sp³-hybridized carbons (Fsp3) is 0.417. The Balaban J connectivity index is 1.39. The molecule has 1 unspecified atom stereocenters. The lowest BCUT2D eigenvalue weighted by atomic mass is 10.00. The second kappa shape index (κ2) is 9.92. The van der Waals surface area contributed by atoms with Gasteiger partial charge in [0.25, 0.3) is 5.91 Å². The van der Waals surface area contributed by atoms with E-state index < -0.39 is 0 Å². The summed E-state index contributed by atoms with van der Waals surface area (Å²) in [4.78, 5) is 19.8. The molecule has 1 fully saturated rings. The number of anilines is 2. The van der Waals surface area contributed by atoms with E-state index in [1.54, 1.807) is 30.5 Å². The number of hydrogen-bond donors (Lipinski definition) is 2. The Morgan fingerprint density at radius 2 is 2.10 bits per heavy atom. The average molecular weight is 425 g/mol. The summed E-state index contributed by atoms with van der Waals surface area (Å²) in [5, 5.41) is 6.89. The first kappa shape index (κ1) is 21.3. The van der Waals surface area contributed by atoms with E-state index in [-0.39, 0.29) is 17.4 Å². The number of rotatable bonds is 8. The zero-order chi connectivity index (χ0) is 21.6. The Kier molecular flexibility index (Phi) is 6.82. The molecule has 1 amide bonds. The number of nitrogens with zero attached hydrogens (tertiary/aromatic N) is 2. The van der Waals surface area contributed by atoms with Crippen LogP contribution in [0.15, 0.2) is 47.1 Å². The standard InChI is InChI=1S/C24H29FN4O2/c1-2-19-6-3-4-13-29(19)14-5-12-26-24(30)21-16-22-20(11-15-31-22)23(28-21)27-18-9-7-17(25)8-10-18/h7-11,15-16,19H,2-6,12-14H2,1H3,(H,26,30)(H,27,28). The maximum atomic E-state index is 13.2. The molecule has 164 valence electrons. The molecular weight excluding hydrogens is 395 g/mol. The third kappa shape index (κ3) is 5.22. The Morgan fingerprint density at radius 3 is 2.90 bits per heavy atom. The van der Waals surface area contributed by atoms with Gasteiger partial charge in [-0.25, -0.2) is 9.37 Å². The summed E-state index contributed by atoms with van der Waals surface area (Å²) < 4.78 is 18.7. The Morgan fingerprint density at radius 1 is 1.26 bits per heavy atom. The van der Waals surface area contributed by atoms with Gasteiger partial charge in [-0.2, -0.15) is 0 Å². The highest BCUT2D eigenvalue weighted by molar-refractivity contribution is 5.99. The van der Waals surface area contributed by atoms with E-state index in [2.05, 4.69) is 27.4 Å². The number of nitrogens with one attached hydrogen (secondary N) is 2. The minimum Gasteiger partial charge on any atom is -0.464 e. The van der Waals surface area contributed by atoms with Crippen molar-refractivity contribution < 1.29 is 13.6 Å². The van der Waals surface area contributed by atoms with Crippen LogP contribution in [0.2, 0.25) is 0 Å². The van der Waals surface area contributed by atoms with Crippen LogP contribution < -0.4 is 10.6 Å². The Hall–Kier alpha value is -2.93. The van der Waals surface area contributed by atoms with Crippen molar-refractivity contribution >= 4 is 28.4 Å². The lowest BCUT2D eigenvalue weighted by molar-refractivity contribution is 0.0942. The molecule has 31 heavy (non-hydrogen) atoms. The van der Waals surface area contributed by atoms with Crippen LogP contribution in [-0.4, -0.2) is 41.5 Å². The van der Waals surface area contributed by atoms with Crippen LogP contribution in [0.25, 0.3) is 11.0 Å². The lowest BCUT2D eigenvalue weighted by Crippen LogP contribution is -2.40. The van der Waals surface area contributed by atoms with Gasteiger partial charge in [0.05, 0.1) is 11.6 Å². The highest BCUT2D eigenvalue weighted by atomic mass is 19.1. The van der Waals surface area contributed by atoms with Crippen LogP contribution in [0.3, 0.4) is 0 Å². The SMILES string of the molecule is CCC1CCCCN1CCCNC(=O)c1cc2occc2c(Nc2ccc(F)cc2)n1. The number of carbonyl (C=O) groups excluding carboxylic acids is 1. The van der Waals surface area contributed by atoms with Gasteiger partial charge in [0.2, 0.25) is 0 Å². The number of hydrogen-bond acceptors (Lipinski definition) is 5. The number of piperidine rings is 1. The fourth-order valence-electron chi connectivity index (χ4n) is 4.24. The molecule has 1 saturated heterocycles. The summed E-state index contributed by atoms with van der Waals surface area (Å²) >= 11 is 0. The van der Waals surface area contributed by atoms with Crippen molar-refractivity contribution in [2.24, 2.45) is 0 Å². The molecule has 1 atom stereocenters. The first-order valence-electron chi connectivity index (χ1n) is 11.1. The van der Waals surface area contributed by atoms with E-state index in [9.17, 15) is 9.18 Å². The van der Waals surface area contributed by atoms with E-state index in [0.29, 0.717) is 29.7 Å². The van der Waals surface area contributed by atoms with Gasteiger partial charge in [-0.05, 0) is 62.6 Å². The summed E-state index contributed by atoms with van der Waals surface area (Å²) in [6.07, 6.45) is 7.52. The number of benzene rings is 1. The van der Waals surface area contributed by atoms with Gasteiger partial charge in [0.15, 0.2) is 0 Å². The monoisotopic (exact) mass is 424 g/mol. The molecular formula is C24H29FN4O2. The number of carbonyl (C=O) groups is 1. The molecule has 0 saturated carbocycles. The quantitative estimate of drug-likeness (QED) is 0.493. The van der Waals surface area contributed by atoms with Crippen LogP contribution >= 0.6 is 0 Å². The van der Waals surface area contributed by atoms with Crippen molar-refractivity contribution in [2.75, 3.05) is 25.0 Å². The largest absolute Gasteiger partial charge is 0.464 e. The third-order valence-electron chi connectivity index (χ3n) is 5.92. The summed E-state index contributed by atoms with van der Waals surface area (Å²) in [5.41, 5.74) is 1.54. The molecule has 1 aliphatic heterocycles. The highest BCUT2D eigenvalue weighted by Gasteiger charge is 2.20. The Bertz CT molecular complexity index is 1020. The summed E-state index contributed by atoms with van der Waals surface area (Å²) in [6, 6.07) is 10.1. The van der Waals surface area contributed by atoms with Crippen molar-refractivity contribution in [2.45, 2.75) is 45.1 Å². The molecule has 3 heterocycles. The molecule has 6 nitrogen and oxygen atoms in total. The van der Waals surface area contributed by atoms with Crippen LogP contribution in [-0.2, 0) is 0 Å². The number of furan rings is 1. The number of pyridine rings is 1. The first-order chi connectivity index (χ1) is 15.1. The van der Waals surface area contributed by atoms with Gasteiger partial charge in [0, 0.05) is 30.9 Å². The molecule has 2 aromatic heterocycles. The second-order valence-corrected chi connectivity index (χ2v) is 8.02. The third-order valence-corrected chi connectivity index (χ3v) is 5.92. The minimum absolute atomic E-state index is 0.230. The van der Waals surface area contributed by atoms with Gasteiger partial charge in [0.1, 0.15) is 22.9 Å². The van der Waals surface area contributed by atoms with E-state index in [0.717, 1.165) is 24.9 Å². The molecule has 1 aromatic carbocycles. The number of aromatic nitrogens is 1. The molecule has 7 heteroatoms. The van der Waals surface area contributed by atoms with Crippen LogP contribution in [0, 0.1) is 5.82 Å².